The lowest BCUT2D eigenvalue weighted by molar-refractivity contribution is 0.0698. The Kier molecular flexibility index (Phi) is 3.15. The quantitative estimate of drug-likeness (QED) is 0.723. The Labute approximate surface area is 105 Å². The van der Waals surface area contributed by atoms with Gasteiger partial charge in [0, 0.05) is 5.54 Å². The molecule has 1 aliphatic carbocycles. The van der Waals surface area contributed by atoms with Crippen molar-refractivity contribution in [3.63, 3.8) is 0 Å². The second-order valence-electron chi connectivity index (χ2n) is 5.08. The Morgan fingerprint density at radius 2 is 2.06 bits per heavy atom. The van der Waals surface area contributed by atoms with Crippen LogP contribution in [0.2, 0.25) is 0 Å². The molecule has 0 amide bonds. The van der Waals surface area contributed by atoms with Crippen molar-refractivity contribution in [2.24, 2.45) is 0 Å². The third-order valence-electron chi connectivity index (χ3n) is 3.55. The Balaban J connectivity index is 2.38. The van der Waals surface area contributed by atoms with Crippen molar-refractivity contribution in [2.45, 2.75) is 38.1 Å². The number of halogens is 1. The van der Waals surface area contributed by atoms with Gasteiger partial charge in [-0.2, -0.15) is 0 Å². The molecule has 0 aliphatic heterocycles. The summed E-state index contributed by atoms with van der Waals surface area (Å²) < 4.78 is 13.3. The van der Waals surface area contributed by atoms with Gasteiger partial charge in [-0.1, -0.05) is 12.8 Å². The zero-order valence-corrected chi connectivity index (χ0v) is 10.3. The summed E-state index contributed by atoms with van der Waals surface area (Å²) in [6.07, 6.45) is 4.18. The molecule has 0 heterocycles. The van der Waals surface area contributed by atoms with Crippen molar-refractivity contribution < 1.29 is 14.3 Å². The normalized spacial score (nSPS) is 17.7. The van der Waals surface area contributed by atoms with Crippen molar-refractivity contribution in [1.29, 1.82) is 0 Å². The van der Waals surface area contributed by atoms with Gasteiger partial charge in [0.2, 0.25) is 0 Å². The molecule has 0 radical (unpaired) electrons. The van der Waals surface area contributed by atoms with Crippen LogP contribution in [0, 0.1) is 5.82 Å². The van der Waals surface area contributed by atoms with E-state index in [1.54, 1.807) is 0 Å². The van der Waals surface area contributed by atoms with Crippen molar-refractivity contribution in [3.05, 3.63) is 23.5 Å². The minimum Gasteiger partial charge on any atom is -0.478 e. The summed E-state index contributed by atoms with van der Waals surface area (Å²) in [5.74, 6) is -1.91. The fraction of sp³-hybridized carbons (Fsp3) is 0.462. The van der Waals surface area contributed by atoms with Gasteiger partial charge >= 0.3 is 5.97 Å². The van der Waals surface area contributed by atoms with E-state index < -0.39 is 11.8 Å². The van der Waals surface area contributed by atoms with Gasteiger partial charge in [0.25, 0.3) is 0 Å². The van der Waals surface area contributed by atoms with E-state index in [-0.39, 0.29) is 16.8 Å². The van der Waals surface area contributed by atoms with Crippen LogP contribution in [-0.4, -0.2) is 16.6 Å². The van der Waals surface area contributed by atoms with Gasteiger partial charge in [-0.15, -0.1) is 0 Å². The molecule has 0 atom stereocenters. The lowest BCUT2D eigenvalue weighted by Gasteiger charge is -2.28. The first-order valence-corrected chi connectivity index (χ1v) is 6.02. The number of rotatable bonds is 3. The standard InChI is InChI=1S/C13H17FN2O2/c1-13(6-2-3-7-13)16-9-5-4-8(14)11(15)10(9)12(17)18/h4-5,16H,2-3,6-7,15H2,1H3,(H,17,18). The monoisotopic (exact) mass is 252 g/mol. The molecule has 1 aromatic rings. The molecule has 5 heteroatoms. The molecule has 0 unspecified atom stereocenters. The molecule has 4 N–H and O–H groups in total. The van der Waals surface area contributed by atoms with Crippen LogP contribution >= 0.6 is 0 Å². The molecule has 0 spiro atoms. The van der Waals surface area contributed by atoms with E-state index in [4.69, 9.17) is 10.8 Å². The zero-order valence-electron chi connectivity index (χ0n) is 10.3. The molecule has 0 saturated heterocycles. The van der Waals surface area contributed by atoms with Crippen LogP contribution in [0.3, 0.4) is 0 Å². The van der Waals surface area contributed by atoms with E-state index in [1.165, 1.54) is 12.1 Å². The molecule has 4 nitrogen and oxygen atoms in total. The van der Waals surface area contributed by atoms with Crippen molar-refractivity contribution in [3.8, 4) is 0 Å². The number of anilines is 2. The van der Waals surface area contributed by atoms with Crippen LogP contribution in [0.5, 0.6) is 0 Å². The van der Waals surface area contributed by atoms with Gasteiger partial charge < -0.3 is 16.2 Å². The number of benzene rings is 1. The predicted octanol–water partition coefficient (Wildman–Crippen LogP) is 2.85. The van der Waals surface area contributed by atoms with E-state index in [1.807, 2.05) is 6.92 Å². The molecule has 1 fully saturated rings. The average molecular weight is 252 g/mol. The molecule has 1 aliphatic rings. The van der Waals surface area contributed by atoms with E-state index in [9.17, 15) is 9.18 Å². The highest BCUT2D eigenvalue weighted by molar-refractivity contribution is 6.00. The number of hydrogen-bond acceptors (Lipinski definition) is 3. The second kappa shape index (κ2) is 4.48. The number of aromatic carboxylic acids is 1. The SMILES string of the molecule is CC1(Nc2ccc(F)c(N)c2C(=O)O)CCCC1. The summed E-state index contributed by atoms with van der Waals surface area (Å²) in [5, 5.41) is 12.3. The number of hydrogen-bond donors (Lipinski definition) is 3. The first-order chi connectivity index (χ1) is 8.43. The minimum atomic E-state index is -1.21. The largest absolute Gasteiger partial charge is 0.478 e. The lowest BCUT2D eigenvalue weighted by atomic mass is 9.99. The summed E-state index contributed by atoms with van der Waals surface area (Å²) in [5.41, 5.74) is 5.28. The van der Waals surface area contributed by atoms with Crippen LogP contribution in [0.25, 0.3) is 0 Å². The number of nitrogens with one attached hydrogen (secondary N) is 1. The van der Waals surface area contributed by atoms with Gasteiger partial charge in [-0.3, -0.25) is 0 Å². The molecule has 0 bridgehead atoms. The summed E-state index contributed by atoms with van der Waals surface area (Å²) in [6, 6.07) is 2.64. The molecule has 0 aromatic heterocycles. The third kappa shape index (κ3) is 2.25. The molecular weight excluding hydrogens is 235 g/mol. The maximum atomic E-state index is 13.3. The summed E-state index contributed by atoms with van der Waals surface area (Å²) in [7, 11) is 0. The smallest absolute Gasteiger partial charge is 0.340 e. The number of carbonyl (C=O) groups is 1. The molecule has 18 heavy (non-hydrogen) atoms. The zero-order chi connectivity index (χ0) is 13.3. The van der Waals surface area contributed by atoms with Crippen LogP contribution < -0.4 is 11.1 Å². The van der Waals surface area contributed by atoms with Gasteiger partial charge in [-0.05, 0) is 31.9 Å². The van der Waals surface area contributed by atoms with Gasteiger partial charge in [0.15, 0.2) is 0 Å². The highest BCUT2D eigenvalue weighted by Gasteiger charge is 2.30. The topological polar surface area (TPSA) is 75.3 Å². The molecular formula is C13H17FN2O2. The second-order valence-corrected chi connectivity index (χ2v) is 5.08. The summed E-state index contributed by atoms with van der Waals surface area (Å²) in [6.45, 7) is 2.05. The van der Waals surface area contributed by atoms with Crippen LogP contribution in [0.4, 0.5) is 15.8 Å². The van der Waals surface area contributed by atoms with Crippen molar-refractivity contribution in [2.75, 3.05) is 11.1 Å². The Bertz CT molecular complexity index is 482. The molecule has 2 rings (SSSR count). The van der Waals surface area contributed by atoms with Crippen LogP contribution in [0.15, 0.2) is 12.1 Å². The Hall–Kier alpha value is -1.78. The van der Waals surface area contributed by atoms with Crippen LogP contribution in [0.1, 0.15) is 43.0 Å². The fourth-order valence-corrected chi connectivity index (χ4v) is 2.53. The van der Waals surface area contributed by atoms with E-state index in [2.05, 4.69) is 5.32 Å². The number of nitrogen functional groups attached to an aromatic ring is 1. The van der Waals surface area contributed by atoms with E-state index in [0.717, 1.165) is 25.7 Å². The fourth-order valence-electron chi connectivity index (χ4n) is 2.53. The summed E-state index contributed by atoms with van der Waals surface area (Å²) in [4.78, 5) is 11.2. The molecule has 1 aromatic carbocycles. The van der Waals surface area contributed by atoms with Gasteiger partial charge in [-0.25, -0.2) is 9.18 Å². The predicted molar refractivity (Wildman–Crippen MR) is 68.3 cm³/mol. The first kappa shape index (κ1) is 12.7. The van der Waals surface area contributed by atoms with Crippen molar-refractivity contribution in [1.82, 2.24) is 0 Å². The number of carboxylic acid groups (broad SMARTS) is 1. The van der Waals surface area contributed by atoms with Crippen LogP contribution in [-0.2, 0) is 0 Å². The maximum Gasteiger partial charge on any atom is 0.340 e. The number of nitrogens with two attached hydrogens (primary N) is 1. The Morgan fingerprint density at radius 1 is 1.44 bits per heavy atom. The Morgan fingerprint density at radius 3 is 2.61 bits per heavy atom. The average Bonchev–Trinajstić information content (AvgIpc) is 2.70. The molecule has 1 saturated carbocycles. The van der Waals surface area contributed by atoms with E-state index >= 15 is 0 Å². The third-order valence-corrected chi connectivity index (χ3v) is 3.55. The van der Waals surface area contributed by atoms with Crippen molar-refractivity contribution >= 4 is 17.3 Å². The van der Waals surface area contributed by atoms with E-state index in [0.29, 0.717) is 5.69 Å². The lowest BCUT2D eigenvalue weighted by Crippen LogP contribution is -2.31. The summed E-state index contributed by atoms with van der Waals surface area (Å²) >= 11 is 0. The maximum absolute atomic E-state index is 13.3. The minimum absolute atomic E-state index is 0.130. The number of carboxylic acids is 1. The van der Waals surface area contributed by atoms with Gasteiger partial charge in [0.05, 0.1) is 11.4 Å². The highest BCUT2D eigenvalue weighted by atomic mass is 19.1. The molecule has 98 valence electrons. The van der Waals surface area contributed by atoms with Gasteiger partial charge in [0.1, 0.15) is 11.4 Å². The highest BCUT2D eigenvalue weighted by Crippen LogP contribution is 2.35. The first-order valence-electron chi connectivity index (χ1n) is 6.02.